The third kappa shape index (κ3) is 1.53. The van der Waals surface area contributed by atoms with Crippen LogP contribution in [0.2, 0.25) is 0 Å². The second-order valence-electron chi connectivity index (χ2n) is 6.02. The summed E-state index contributed by atoms with van der Waals surface area (Å²) in [6.07, 6.45) is 5.37. The van der Waals surface area contributed by atoms with Gasteiger partial charge >= 0.3 is 0 Å². The number of nitrogens with two attached hydrogens (primary N) is 1. The van der Waals surface area contributed by atoms with Crippen LogP contribution in [-0.2, 0) is 4.74 Å². The highest BCUT2D eigenvalue weighted by Gasteiger charge is 2.92. The first-order valence-electron chi connectivity index (χ1n) is 7.61. The molecule has 21 heavy (non-hydrogen) atoms. The fourth-order valence-corrected chi connectivity index (χ4v) is 5.45. The van der Waals surface area contributed by atoms with E-state index in [-0.39, 0.29) is 5.92 Å². The lowest BCUT2D eigenvalue weighted by atomic mass is 9.95. The Hall–Kier alpha value is -1.24. The van der Waals surface area contributed by atoms with Gasteiger partial charge in [0.1, 0.15) is 16.7 Å². The molecule has 0 amide bonds. The Kier molecular flexibility index (Phi) is 3.43. The summed E-state index contributed by atoms with van der Waals surface area (Å²) >= 11 is 1.53. The molecular weight excluding hydrogens is 284 g/mol. The summed E-state index contributed by atoms with van der Waals surface area (Å²) in [7, 11) is 0. The molecule has 3 rings (SSSR count). The molecule has 2 fully saturated rings. The van der Waals surface area contributed by atoms with Crippen LogP contribution in [-0.4, -0.2) is 23.3 Å². The molecule has 1 saturated carbocycles. The van der Waals surface area contributed by atoms with Crippen molar-refractivity contribution in [2.45, 2.75) is 44.1 Å². The molecule has 0 unspecified atom stereocenters. The predicted molar refractivity (Wildman–Crippen MR) is 81.1 cm³/mol. The first-order valence-corrected chi connectivity index (χ1v) is 8.60. The van der Waals surface area contributed by atoms with Gasteiger partial charge in [0.25, 0.3) is 0 Å². The average Bonchev–Trinajstić information content (AvgIpc) is 2.74. The third-order valence-corrected chi connectivity index (χ3v) is 6.43. The van der Waals surface area contributed by atoms with Gasteiger partial charge in [-0.3, -0.25) is 0 Å². The molecule has 0 aromatic heterocycles. The van der Waals surface area contributed by atoms with Crippen molar-refractivity contribution in [3.8, 4) is 12.1 Å². The Morgan fingerprint density at radius 1 is 1.38 bits per heavy atom. The van der Waals surface area contributed by atoms with Gasteiger partial charge < -0.3 is 10.5 Å². The van der Waals surface area contributed by atoms with Gasteiger partial charge in [-0.25, -0.2) is 4.99 Å². The van der Waals surface area contributed by atoms with Crippen molar-refractivity contribution >= 4 is 17.6 Å². The Labute approximate surface area is 129 Å². The quantitative estimate of drug-likeness (QED) is 0.787. The minimum absolute atomic E-state index is 0.0417. The lowest BCUT2D eigenvalue weighted by Crippen LogP contribution is -2.34. The maximum atomic E-state index is 9.86. The fourth-order valence-electron chi connectivity index (χ4n) is 4.10. The van der Waals surface area contributed by atoms with Crippen LogP contribution in [0.3, 0.4) is 0 Å². The molecule has 0 aromatic carbocycles. The van der Waals surface area contributed by atoms with E-state index in [1.807, 2.05) is 0 Å². The van der Waals surface area contributed by atoms with E-state index >= 15 is 0 Å². The topological polar surface area (TPSA) is 95.2 Å². The molecule has 112 valence electrons. The van der Waals surface area contributed by atoms with Gasteiger partial charge in [0, 0.05) is 11.7 Å². The Morgan fingerprint density at radius 3 is 2.76 bits per heavy atom. The molecule has 0 radical (unpaired) electrons. The first-order chi connectivity index (χ1) is 10.1. The van der Waals surface area contributed by atoms with Crippen molar-refractivity contribution in [2.24, 2.45) is 27.5 Å². The van der Waals surface area contributed by atoms with E-state index in [9.17, 15) is 10.5 Å². The second kappa shape index (κ2) is 4.90. The molecule has 4 atom stereocenters. The van der Waals surface area contributed by atoms with Crippen LogP contribution in [0.25, 0.3) is 0 Å². The first kappa shape index (κ1) is 14.7. The van der Waals surface area contributed by atoms with Crippen LogP contribution < -0.4 is 5.73 Å². The molecule has 1 saturated heterocycles. The van der Waals surface area contributed by atoms with E-state index in [2.05, 4.69) is 24.1 Å². The van der Waals surface area contributed by atoms with E-state index < -0.39 is 15.9 Å². The maximum Gasteiger partial charge on any atom is 0.230 e. The SMILES string of the molecule is CCCCCC[C@H]1[C@@]2(C#N)[C@@]3(N=C(N)[C@@]12C#N)OCCS3. The zero-order valence-electron chi connectivity index (χ0n) is 12.3. The Bertz CT molecular complexity index is 557. The van der Waals surface area contributed by atoms with E-state index in [1.165, 1.54) is 24.6 Å². The van der Waals surface area contributed by atoms with Crippen molar-refractivity contribution in [2.75, 3.05) is 12.4 Å². The zero-order valence-corrected chi connectivity index (χ0v) is 13.1. The number of hydrogen-bond donors (Lipinski definition) is 1. The molecule has 2 aliphatic heterocycles. The van der Waals surface area contributed by atoms with Crippen molar-refractivity contribution in [1.29, 1.82) is 10.5 Å². The highest BCUT2D eigenvalue weighted by molar-refractivity contribution is 8.00. The molecule has 6 heteroatoms. The summed E-state index contributed by atoms with van der Waals surface area (Å²) in [4.78, 5) is 4.42. The standard InChI is InChI=1S/C15H20N4OS/c1-2-3-4-5-6-11-13(9-16)12(18)19-15(14(11,13)10-17)20-7-8-21-15/h11H,2-8H2,1H3,(H2,18,19)/t11-,13-,14-,15-/m1/s1. The number of thioether (sulfide) groups is 1. The summed E-state index contributed by atoms with van der Waals surface area (Å²) in [5, 5.41) is 18.6. The minimum atomic E-state index is -0.934. The van der Waals surface area contributed by atoms with Gasteiger partial charge in [-0.15, -0.1) is 0 Å². The lowest BCUT2D eigenvalue weighted by molar-refractivity contribution is 0.0163. The smallest absolute Gasteiger partial charge is 0.230 e. The van der Waals surface area contributed by atoms with Gasteiger partial charge in [0.05, 0.1) is 18.7 Å². The van der Waals surface area contributed by atoms with Gasteiger partial charge in [-0.05, 0) is 6.42 Å². The number of nitriles is 2. The summed E-state index contributed by atoms with van der Waals surface area (Å²) in [6.45, 7) is 2.73. The molecule has 0 bridgehead atoms. The van der Waals surface area contributed by atoms with Crippen LogP contribution in [0.1, 0.15) is 39.0 Å². The van der Waals surface area contributed by atoms with Crippen LogP contribution in [0, 0.1) is 39.4 Å². The third-order valence-electron chi connectivity index (χ3n) is 5.13. The van der Waals surface area contributed by atoms with Gasteiger partial charge in [0.15, 0.2) is 0 Å². The van der Waals surface area contributed by atoms with Crippen molar-refractivity contribution in [3.63, 3.8) is 0 Å². The normalized spacial score (nSPS) is 43.2. The summed E-state index contributed by atoms with van der Waals surface area (Å²) in [5.74, 6) is 1.06. The van der Waals surface area contributed by atoms with Crippen LogP contribution in [0.15, 0.2) is 4.99 Å². The zero-order chi connectivity index (χ0) is 15.1. The van der Waals surface area contributed by atoms with E-state index in [1.54, 1.807) is 0 Å². The number of aliphatic imine (C=N–C) groups is 1. The average molecular weight is 304 g/mol. The fraction of sp³-hybridized carbons (Fsp3) is 0.800. The van der Waals surface area contributed by atoms with E-state index in [0.29, 0.717) is 12.4 Å². The highest BCUT2D eigenvalue weighted by atomic mass is 32.2. The predicted octanol–water partition coefficient (Wildman–Crippen LogP) is 2.39. The largest absolute Gasteiger partial charge is 0.386 e. The van der Waals surface area contributed by atoms with Gasteiger partial charge in [-0.2, -0.15) is 10.5 Å². The van der Waals surface area contributed by atoms with Crippen LogP contribution in [0.5, 0.6) is 0 Å². The van der Waals surface area contributed by atoms with Gasteiger partial charge in [0.2, 0.25) is 5.06 Å². The van der Waals surface area contributed by atoms with Crippen LogP contribution >= 0.6 is 11.8 Å². The Balaban J connectivity index is 1.88. The molecule has 5 nitrogen and oxygen atoms in total. The molecule has 3 aliphatic rings. The molecule has 0 aromatic rings. The molecular formula is C15H20N4OS. The highest BCUT2D eigenvalue weighted by Crippen LogP contribution is 2.81. The molecule has 1 aliphatic carbocycles. The van der Waals surface area contributed by atoms with Crippen molar-refractivity contribution < 1.29 is 4.74 Å². The minimum Gasteiger partial charge on any atom is -0.386 e. The van der Waals surface area contributed by atoms with Crippen molar-refractivity contribution in [1.82, 2.24) is 0 Å². The van der Waals surface area contributed by atoms with E-state index in [0.717, 1.165) is 25.0 Å². The number of unbranched alkanes of at least 4 members (excludes halogenated alkanes) is 3. The monoisotopic (exact) mass is 304 g/mol. The van der Waals surface area contributed by atoms with Crippen molar-refractivity contribution in [3.05, 3.63) is 0 Å². The Morgan fingerprint density at radius 2 is 2.19 bits per heavy atom. The number of amidine groups is 1. The summed E-state index contributed by atoms with van der Waals surface area (Å²) < 4.78 is 5.83. The number of nitrogens with zero attached hydrogens (tertiary/aromatic N) is 3. The number of ether oxygens (including phenoxy) is 1. The molecule has 2 N–H and O–H groups in total. The maximum absolute atomic E-state index is 9.86. The van der Waals surface area contributed by atoms with Crippen LogP contribution in [0.4, 0.5) is 0 Å². The number of fused-ring (bicyclic) bond motifs is 2. The molecule has 2 heterocycles. The molecule has 1 spiro atoms. The summed E-state index contributed by atoms with van der Waals surface area (Å²) in [5.41, 5.74) is 4.28. The number of rotatable bonds is 5. The van der Waals surface area contributed by atoms with E-state index in [4.69, 9.17) is 10.5 Å². The number of hydrogen-bond acceptors (Lipinski definition) is 6. The summed E-state index contributed by atoms with van der Waals surface area (Å²) in [6, 6.07) is 4.72. The lowest BCUT2D eigenvalue weighted by Gasteiger charge is -2.26. The van der Waals surface area contributed by atoms with Gasteiger partial charge in [-0.1, -0.05) is 44.4 Å². The second-order valence-corrected chi connectivity index (χ2v) is 7.27.